The van der Waals surface area contributed by atoms with Gasteiger partial charge in [0.2, 0.25) is 10.0 Å². The number of Topliss-reactive ketones (excluding diaryl/α,β-unsaturated/α-hetero) is 1. The average molecular weight is 555 g/mol. The molecule has 3 aliphatic rings. The van der Waals surface area contributed by atoms with Crippen LogP contribution in [0.2, 0.25) is 0 Å². The number of morpholine rings is 1. The number of aliphatic hydroxyl groups is 1. The van der Waals surface area contributed by atoms with Crippen molar-refractivity contribution >= 4 is 39.1 Å². The van der Waals surface area contributed by atoms with Crippen LogP contribution < -0.4 is 4.90 Å². The van der Waals surface area contributed by atoms with Crippen LogP contribution in [0.5, 0.6) is 0 Å². The molecule has 1 N–H and O–H groups in total. The Morgan fingerprint density at radius 2 is 1.74 bits per heavy atom. The number of likely N-dealkylation sites (N-methyl/N-ethyl adjacent to an activating group) is 2. The molecule has 2 aromatic rings. The van der Waals surface area contributed by atoms with E-state index in [9.17, 15) is 27.9 Å². The lowest BCUT2D eigenvalue weighted by Crippen LogP contribution is -2.52. The molecule has 206 valence electrons. The van der Waals surface area contributed by atoms with Crippen molar-refractivity contribution in [3.05, 3.63) is 65.2 Å². The molecule has 5 rings (SSSR count). The summed E-state index contributed by atoms with van der Waals surface area (Å²) < 4.78 is 33.1. The minimum Gasteiger partial charge on any atom is -0.507 e. The molecule has 2 amide bonds. The monoisotopic (exact) mass is 554 g/mol. The van der Waals surface area contributed by atoms with Crippen LogP contribution >= 0.6 is 0 Å². The van der Waals surface area contributed by atoms with Gasteiger partial charge in [0.1, 0.15) is 5.76 Å². The van der Waals surface area contributed by atoms with Crippen LogP contribution in [0.1, 0.15) is 11.1 Å². The number of anilines is 1. The van der Waals surface area contributed by atoms with Gasteiger partial charge in [-0.2, -0.15) is 4.31 Å². The van der Waals surface area contributed by atoms with E-state index in [1.165, 1.54) is 38.4 Å². The topological polar surface area (TPSA) is 128 Å². The van der Waals surface area contributed by atoms with Crippen LogP contribution in [-0.4, -0.2) is 106 Å². The molecule has 2 aromatic carbocycles. The van der Waals surface area contributed by atoms with Crippen molar-refractivity contribution in [3.8, 4) is 0 Å². The van der Waals surface area contributed by atoms with Gasteiger partial charge in [-0.1, -0.05) is 30.3 Å². The smallest absolute Gasteiger partial charge is 0.296 e. The average Bonchev–Trinajstić information content (AvgIpc) is 3.30. The highest BCUT2D eigenvalue weighted by molar-refractivity contribution is 7.89. The summed E-state index contributed by atoms with van der Waals surface area (Å²) in [6.07, 6.45) is 0. The number of aliphatic hydroxyl groups excluding tert-OH is 1. The number of ketones is 1. The highest BCUT2D eigenvalue weighted by atomic mass is 32.2. The molecular formula is C27H30N4O7S. The maximum atomic E-state index is 14.0. The fourth-order valence-corrected chi connectivity index (χ4v) is 6.91. The number of likely N-dealkylation sites (tertiary alicyclic amines) is 1. The highest BCUT2D eigenvalue weighted by Gasteiger charge is 2.66. The molecule has 39 heavy (non-hydrogen) atoms. The first-order valence-electron chi connectivity index (χ1n) is 12.5. The molecule has 12 heteroatoms. The normalized spacial score (nSPS) is 23.3. The number of benzene rings is 2. The fourth-order valence-electron chi connectivity index (χ4n) is 5.46. The lowest BCUT2D eigenvalue weighted by Gasteiger charge is -2.34. The summed E-state index contributed by atoms with van der Waals surface area (Å²) in [5.41, 5.74) is -1.36. The quantitative estimate of drug-likeness (QED) is 0.316. The number of carbonyl (C=O) groups is 3. The Balaban J connectivity index is 1.71. The first-order valence-corrected chi connectivity index (χ1v) is 14.0. The predicted molar refractivity (Wildman–Crippen MR) is 142 cm³/mol. The number of hydrogen-bond acceptors (Lipinski definition) is 8. The molecule has 0 saturated carbocycles. The molecule has 0 radical (unpaired) electrons. The second-order valence-electron chi connectivity index (χ2n) is 9.95. The van der Waals surface area contributed by atoms with Gasteiger partial charge in [0.25, 0.3) is 17.6 Å². The van der Waals surface area contributed by atoms with Crippen LogP contribution in [-0.2, 0) is 34.7 Å². The van der Waals surface area contributed by atoms with Gasteiger partial charge >= 0.3 is 0 Å². The third-order valence-corrected chi connectivity index (χ3v) is 9.32. The maximum absolute atomic E-state index is 14.0. The molecule has 3 heterocycles. The van der Waals surface area contributed by atoms with E-state index in [1.807, 2.05) is 4.90 Å². The first-order chi connectivity index (χ1) is 18.5. The number of rotatable bonds is 6. The Kier molecular flexibility index (Phi) is 6.83. The third-order valence-electron chi connectivity index (χ3n) is 7.43. The molecule has 0 aromatic heterocycles. The lowest BCUT2D eigenvalue weighted by atomic mass is 9.82. The Morgan fingerprint density at radius 3 is 2.44 bits per heavy atom. The minimum absolute atomic E-state index is 0.00848. The molecule has 1 unspecified atom stereocenters. The number of ether oxygens (including phenoxy) is 1. The SMILES string of the molecule is CN(C)CCN1C(=O)C(=O)/C(=C(/O)c2cccc(S(=O)(=O)N3CCOCC3)c2)C12C(=O)N(C)c1ccccc12. The summed E-state index contributed by atoms with van der Waals surface area (Å²) in [7, 11) is 1.25. The number of para-hydroxylation sites is 1. The van der Waals surface area contributed by atoms with Crippen molar-refractivity contribution < 1.29 is 32.6 Å². The van der Waals surface area contributed by atoms with E-state index in [4.69, 9.17) is 4.74 Å². The Morgan fingerprint density at radius 1 is 1.05 bits per heavy atom. The number of amides is 2. The van der Waals surface area contributed by atoms with Crippen LogP contribution in [0, 0.1) is 0 Å². The fraction of sp³-hybridized carbons (Fsp3) is 0.370. The molecule has 1 spiro atoms. The molecule has 3 aliphatic heterocycles. The Labute approximate surface area is 226 Å². The molecule has 0 bridgehead atoms. The molecule has 2 saturated heterocycles. The molecule has 2 fully saturated rings. The summed E-state index contributed by atoms with van der Waals surface area (Å²) in [4.78, 5) is 45.4. The third kappa shape index (κ3) is 4.06. The summed E-state index contributed by atoms with van der Waals surface area (Å²) >= 11 is 0. The van der Waals surface area contributed by atoms with E-state index in [0.717, 1.165) is 0 Å². The number of hydrogen-bond donors (Lipinski definition) is 1. The van der Waals surface area contributed by atoms with Crippen molar-refractivity contribution in [2.75, 3.05) is 65.4 Å². The van der Waals surface area contributed by atoms with Crippen molar-refractivity contribution in [1.29, 1.82) is 0 Å². The highest BCUT2D eigenvalue weighted by Crippen LogP contribution is 2.53. The van der Waals surface area contributed by atoms with E-state index >= 15 is 0 Å². The van der Waals surface area contributed by atoms with E-state index < -0.39 is 38.9 Å². The minimum atomic E-state index is -3.91. The summed E-state index contributed by atoms with van der Waals surface area (Å²) in [5.74, 6) is -3.08. The van der Waals surface area contributed by atoms with Gasteiger partial charge in [0, 0.05) is 50.0 Å². The van der Waals surface area contributed by atoms with Gasteiger partial charge in [0.05, 0.1) is 23.7 Å². The lowest BCUT2D eigenvalue weighted by molar-refractivity contribution is -0.143. The summed E-state index contributed by atoms with van der Waals surface area (Å²) in [5, 5.41) is 11.6. The second-order valence-corrected chi connectivity index (χ2v) is 11.9. The van der Waals surface area contributed by atoms with Crippen LogP contribution in [0.3, 0.4) is 0 Å². The van der Waals surface area contributed by atoms with Crippen molar-refractivity contribution in [3.63, 3.8) is 0 Å². The molecular weight excluding hydrogens is 524 g/mol. The van der Waals surface area contributed by atoms with E-state index in [-0.39, 0.29) is 48.9 Å². The summed E-state index contributed by atoms with van der Waals surface area (Å²) in [6, 6.07) is 12.4. The number of nitrogens with zero attached hydrogens (tertiary/aromatic N) is 4. The number of carbonyl (C=O) groups excluding carboxylic acids is 3. The van der Waals surface area contributed by atoms with Gasteiger partial charge < -0.3 is 24.5 Å². The van der Waals surface area contributed by atoms with Gasteiger partial charge in [-0.25, -0.2) is 8.42 Å². The second kappa shape index (κ2) is 9.87. The van der Waals surface area contributed by atoms with E-state index in [2.05, 4.69) is 0 Å². The number of fused-ring (bicyclic) bond motifs is 2. The van der Waals surface area contributed by atoms with Gasteiger partial charge in [-0.15, -0.1) is 0 Å². The predicted octanol–water partition coefficient (Wildman–Crippen LogP) is 0.821. The van der Waals surface area contributed by atoms with Crippen LogP contribution in [0.4, 0.5) is 5.69 Å². The van der Waals surface area contributed by atoms with Crippen molar-refractivity contribution in [2.45, 2.75) is 10.4 Å². The van der Waals surface area contributed by atoms with Crippen LogP contribution in [0.25, 0.3) is 5.76 Å². The Hall–Kier alpha value is -3.58. The van der Waals surface area contributed by atoms with Gasteiger partial charge in [0.15, 0.2) is 5.54 Å². The van der Waals surface area contributed by atoms with E-state index in [1.54, 1.807) is 45.4 Å². The van der Waals surface area contributed by atoms with Gasteiger partial charge in [-0.3, -0.25) is 14.4 Å². The zero-order chi connectivity index (χ0) is 28.1. The standard InChI is InChI=1S/C27H30N4O7S/c1-28(2)11-12-31-25(34)24(33)22(27(31)20-9-4-5-10-21(20)29(3)26(27)35)23(32)18-7-6-8-19(17-18)39(36,37)30-13-15-38-16-14-30/h4-10,17,32H,11-16H2,1-3H3/b23-22-. The van der Waals surface area contributed by atoms with Crippen molar-refractivity contribution in [1.82, 2.24) is 14.1 Å². The zero-order valence-corrected chi connectivity index (χ0v) is 22.8. The largest absolute Gasteiger partial charge is 0.507 e. The van der Waals surface area contributed by atoms with Gasteiger partial charge in [-0.05, 0) is 32.3 Å². The Bertz CT molecular complexity index is 1500. The van der Waals surface area contributed by atoms with Crippen LogP contribution in [0.15, 0.2) is 59.0 Å². The maximum Gasteiger partial charge on any atom is 0.296 e. The molecule has 0 aliphatic carbocycles. The van der Waals surface area contributed by atoms with E-state index in [0.29, 0.717) is 17.8 Å². The first kappa shape index (κ1) is 27.0. The molecule has 11 nitrogen and oxygen atoms in total. The summed E-state index contributed by atoms with van der Waals surface area (Å²) in [6.45, 7) is 1.33. The zero-order valence-electron chi connectivity index (χ0n) is 22.0. The van der Waals surface area contributed by atoms with Crippen molar-refractivity contribution in [2.24, 2.45) is 0 Å². The number of sulfonamides is 1. The molecule has 1 atom stereocenters.